The topological polar surface area (TPSA) is 44.7 Å². The Kier molecular flexibility index (Phi) is 5.69. The highest BCUT2D eigenvalue weighted by Crippen LogP contribution is 2.44. The number of hydrogen-bond acceptors (Lipinski definition) is 4. The Morgan fingerprint density at radius 3 is 2.68 bits per heavy atom. The molecule has 1 N–H and O–H groups in total. The summed E-state index contributed by atoms with van der Waals surface area (Å²) in [5.41, 5.74) is 5.57. The lowest BCUT2D eigenvalue weighted by molar-refractivity contribution is -0.115. The molecule has 0 spiro atoms. The third kappa shape index (κ3) is 4.26. The van der Waals surface area contributed by atoms with E-state index in [0.717, 1.165) is 24.1 Å². The maximum absolute atomic E-state index is 13.1. The van der Waals surface area contributed by atoms with Crippen LogP contribution in [0.5, 0.6) is 0 Å². The number of fused-ring (bicyclic) bond motifs is 1. The summed E-state index contributed by atoms with van der Waals surface area (Å²) in [5, 5.41) is 3.31. The number of amides is 1. The summed E-state index contributed by atoms with van der Waals surface area (Å²) < 4.78 is 13.1. The van der Waals surface area contributed by atoms with Crippen molar-refractivity contribution in [1.82, 2.24) is 5.32 Å². The van der Waals surface area contributed by atoms with Crippen molar-refractivity contribution in [3.8, 4) is 0 Å². The summed E-state index contributed by atoms with van der Waals surface area (Å²) >= 11 is 1.31. The van der Waals surface area contributed by atoms with E-state index in [2.05, 4.69) is 62.0 Å². The van der Waals surface area contributed by atoms with Crippen molar-refractivity contribution in [2.75, 3.05) is 11.4 Å². The van der Waals surface area contributed by atoms with Crippen LogP contribution in [0.1, 0.15) is 56.7 Å². The number of halogens is 1. The quantitative estimate of drug-likeness (QED) is 0.587. The fourth-order valence-electron chi connectivity index (χ4n) is 4.66. The Balaban J connectivity index is 1.66. The number of nitrogens with zero attached hydrogens (tertiary/aromatic N) is 2. The van der Waals surface area contributed by atoms with Gasteiger partial charge in [-0.3, -0.25) is 4.79 Å². The average Bonchev–Trinajstić information content (AvgIpc) is 3.03. The minimum atomic E-state index is -0.310. The number of anilines is 1. The van der Waals surface area contributed by atoms with E-state index in [0.29, 0.717) is 21.7 Å². The van der Waals surface area contributed by atoms with Crippen LogP contribution in [0, 0.1) is 12.7 Å². The van der Waals surface area contributed by atoms with E-state index < -0.39 is 0 Å². The molecule has 2 aromatic rings. The number of aryl methyl sites for hydroxylation is 1. The first-order chi connectivity index (χ1) is 14.7. The number of benzene rings is 2. The van der Waals surface area contributed by atoms with Crippen LogP contribution in [0.2, 0.25) is 0 Å². The lowest BCUT2D eigenvalue weighted by atomic mass is 9.79. The molecule has 1 atom stereocenters. The first-order valence-electron chi connectivity index (χ1n) is 10.7. The maximum atomic E-state index is 13.1. The number of carbonyl (C=O) groups is 1. The second-order valence-electron chi connectivity index (χ2n) is 8.89. The van der Waals surface area contributed by atoms with E-state index in [-0.39, 0.29) is 17.3 Å². The van der Waals surface area contributed by atoms with Gasteiger partial charge in [0.25, 0.3) is 5.91 Å². The standard InChI is InChI=1S/C25H28FN3OS/c1-6-29-21-11-15(2)17(12-20(21)16(3)14-25(29,4)5)13-22-23(30)28-24(31-22)27-19-9-7-18(26)8-10-19/h7-13,16H,6,14H2,1-5H3,(H,27,28,30)/b22-13-/t16-/m0/s1. The molecule has 2 heterocycles. The van der Waals surface area contributed by atoms with E-state index in [1.807, 2.05) is 6.08 Å². The predicted octanol–water partition coefficient (Wildman–Crippen LogP) is 6.14. The Morgan fingerprint density at radius 1 is 1.29 bits per heavy atom. The lowest BCUT2D eigenvalue weighted by Crippen LogP contribution is -2.48. The average molecular weight is 438 g/mol. The van der Waals surface area contributed by atoms with Gasteiger partial charge in [-0.15, -0.1) is 0 Å². The number of rotatable bonds is 3. The minimum absolute atomic E-state index is 0.125. The highest BCUT2D eigenvalue weighted by molar-refractivity contribution is 8.18. The zero-order valence-electron chi connectivity index (χ0n) is 18.6. The summed E-state index contributed by atoms with van der Waals surface area (Å²) in [6, 6.07) is 10.4. The van der Waals surface area contributed by atoms with Gasteiger partial charge in [0.1, 0.15) is 5.82 Å². The van der Waals surface area contributed by atoms with E-state index in [4.69, 9.17) is 0 Å². The molecule has 31 heavy (non-hydrogen) atoms. The van der Waals surface area contributed by atoms with Gasteiger partial charge in [0, 0.05) is 17.8 Å². The van der Waals surface area contributed by atoms with Crippen molar-refractivity contribution in [3.05, 3.63) is 63.8 Å². The van der Waals surface area contributed by atoms with Crippen LogP contribution >= 0.6 is 11.8 Å². The molecule has 0 saturated carbocycles. The van der Waals surface area contributed by atoms with E-state index >= 15 is 0 Å². The second-order valence-corrected chi connectivity index (χ2v) is 9.92. The molecule has 0 radical (unpaired) electrons. The first-order valence-corrected chi connectivity index (χ1v) is 11.5. The Bertz CT molecular complexity index is 1090. The molecule has 1 amide bonds. The third-order valence-corrected chi connectivity index (χ3v) is 6.99. The van der Waals surface area contributed by atoms with Gasteiger partial charge in [-0.25, -0.2) is 9.38 Å². The normalized spacial score (nSPS) is 22.7. The zero-order chi connectivity index (χ0) is 22.3. The fourth-order valence-corrected chi connectivity index (χ4v) is 5.49. The van der Waals surface area contributed by atoms with Crippen LogP contribution < -0.4 is 10.2 Å². The van der Waals surface area contributed by atoms with Gasteiger partial charge in [-0.05, 0) is 111 Å². The molecule has 2 aliphatic rings. The van der Waals surface area contributed by atoms with Gasteiger partial charge < -0.3 is 10.2 Å². The van der Waals surface area contributed by atoms with E-state index in [1.54, 1.807) is 12.1 Å². The summed E-state index contributed by atoms with van der Waals surface area (Å²) in [4.78, 5) is 20.0. The monoisotopic (exact) mass is 437 g/mol. The second kappa shape index (κ2) is 8.15. The smallest absolute Gasteiger partial charge is 0.264 e. The van der Waals surface area contributed by atoms with E-state index in [1.165, 1.54) is 35.1 Å². The molecule has 0 aromatic heterocycles. The summed E-state index contributed by atoms with van der Waals surface area (Å²) in [7, 11) is 0. The van der Waals surface area contributed by atoms with Crippen LogP contribution in [0.25, 0.3) is 6.08 Å². The molecule has 0 bridgehead atoms. The van der Waals surface area contributed by atoms with Crippen molar-refractivity contribution >= 4 is 40.3 Å². The number of carbonyl (C=O) groups excluding carboxylic acids is 1. The summed E-state index contributed by atoms with van der Waals surface area (Å²) in [5.74, 6) is -0.0201. The van der Waals surface area contributed by atoms with Gasteiger partial charge in [-0.1, -0.05) is 6.92 Å². The molecule has 0 aliphatic carbocycles. The van der Waals surface area contributed by atoms with Crippen molar-refractivity contribution in [2.45, 2.75) is 52.5 Å². The van der Waals surface area contributed by atoms with Gasteiger partial charge >= 0.3 is 0 Å². The molecule has 1 fully saturated rings. The largest absolute Gasteiger partial charge is 0.366 e. The number of thioether (sulfide) groups is 1. The van der Waals surface area contributed by atoms with Crippen LogP contribution in [0.15, 0.2) is 46.3 Å². The highest BCUT2D eigenvalue weighted by atomic mass is 32.2. The molecule has 2 aromatic carbocycles. The Hall–Kier alpha value is -2.60. The van der Waals surface area contributed by atoms with Gasteiger partial charge in [0.05, 0.1) is 10.6 Å². The molecule has 4 rings (SSSR count). The fraction of sp³-hybridized carbons (Fsp3) is 0.360. The number of hydrogen-bond donors (Lipinski definition) is 1. The number of aliphatic imine (C=N–C) groups is 1. The molecular formula is C25H28FN3OS. The van der Waals surface area contributed by atoms with Crippen molar-refractivity contribution in [2.24, 2.45) is 4.99 Å². The first kappa shape index (κ1) is 21.6. The maximum Gasteiger partial charge on any atom is 0.264 e. The number of nitrogens with one attached hydrogen (secondary N) is 1. The van der Waals surface area contributed by atoms with Crippen LogP contribution in [0.4, 0.5) is 15.8 Å². The Labute approximate surface area is 187 Å². The SMILES string of the molecule is CCN1c2cc(C)c(/C=C3\SC(=Nc4ccc(F)cc4)NC3=O)cc2[C@@H](C)CC1(C)C. The van der Waals surface area contributed by atoms with Crippen molar-refractivity contribution < 1.29 is 9.18 Å². The van der Waals surface area contributed by atoms with Gasteiger partial charge in [0.2, 0.25) is 0 Å². The summed E-state index contributed by atoms with van der Waals surface area (Å²) in [6.45, 7) is 12.2. The van der Waals surface area contributed by atoms with Crippen molar-refractivity contribution in [3.63, 3.8) is 0 Å². The molecule has 1 saturated heterocycles. The molecule has 162 valence electrons. The summed E-state index contributed by atoms with van der Waals surface area (Å²) in [6.07, 6.45) is 3.04. The van der Waals surface area contributed by atoms with Crippen LogP contribution in [0.3, 0.4) is 0 Å². The highest BCUT2D eigenvalue weighted by Gasteiger charge is 2.35. The third-order valence-electron chi connectivity index (χ3n) is 6.08. The zero-order valence-corrected chi connectivity index (χ0v) is 19.4. The van der Waals surface area contributed by atoms with Crippen LogP contribution in [-0.2, 0) is 4.79 Å². The predicted molar refractivity (Wildman–Crippen MR) is 129 cm³/mol. The molecule has 2 aliphatic heterocycles. The molecule has 4 nitrogen and oxygen atoms in total. The molecule has 6 heteroatoms. The van der Waals surface area contributed by atoms with Crippen LogP contribution in [-0.4, -0.2) is 23.2 Å². The number of amidine groups is 1. The Morgan fingerprint density at radius 2 is 2.00 bits per heavy atom. The van der Waals surface area contributed by atoms with E-state index in [9.17, 15) is 9.18 Å². The molecular weight excluding hydrogens is 409 g/mol. The lowest BCUT2D eigenvalue weighted by Gasteiger charge is -2.47. The van der Waals surface area contributed by atoms with Crippen molar-refractivity contribution in [1.29, 1.82) is 0 Å². The minimum Gasteiger partial charge on any atom is -0.366 e. The van der Waals surface area contributed by atoms with Gasteiger partial charge in [0.15, 0.2) is 5.17 Å². The molecule has 0 unspecified atom stereocenters. The van der Waals surface area contributed by atoms with Gasteiger partial charge in [-0.2, -0.15) is 0 Å².